The second-order valence-electron chi connectivity index (χ2n) is 5.72. The third kappa shape index (κ3) is 3.45. The van der Waals surface area contributed by atoms with Crippen LogP contribution in [0.25, 0.3) is 0 Å². The molecule has 126 valence electrons. The van der Waals surface area contributed by atoms with Crippen LogP contribution in [0.5, 0.6) is 17.2 Å². The Morgan fingerprint density at radius 3 is 2.83 bits per heavy atom. The highest BCUT2D eigenvalue weighted by Gasteiger charge is 2.26. The van der Waals surface area contributed by atoms with E-state index in [0.717, 1.165) is 28.4 Å². The second kappa shape index (κ2) is 7.25. The van der Waals surface area contributed by atoms with Crippen molar-refractivity contribution in [3.63, 3.8) is 0 Å². The van der Waals surface area contributed by atoms with Crippen LogP contribution in [0.15, 0.2) is 42.5 Å². The van der Waals surface area contributed by atoms with Gasteiger partial charge in [0.1, 0.15) is 23.9 Å². The minimum Gasteiger partial charge on any atom is -0.497 e. The number of methoxy groups -OCH3 is 2. The van der Waals surface area contributed by atoms with Gasteiger partial charge in [-0.25, -0.2) is 0 Å². The first-order valence-corrected chi connectivity index (χ1v) is 7.90. The summed E-state index contributed by atoms with van der Waals surface area (Å²) in [6.45, 7) is 0.821. The van der Waals surface area contributed by atoms with Crippen molar-refractivity contribution in [3.8, 4) is 17.2 Å². The lowest BCUT2D eigenvalue weighted by atomic mass is 9.95. The number of ether oxygens (including phenoxy) is 3. The van der Waals surface area contributed by atoms with E-state index in [-0.39, 0.29) is 11.8 Å². The van der Waals surface area contributed by atoms with Crippen LogP contribution in [0.1, 0.15) is 11.1 Å². The lowest BCUT2D eigenvalue weighted by molar-refractivity contribution is -0.126. The number of nitrogens with one attached hydrogen (secondary N) is 1. The monoisotopic (exact) mass is 327 g/mol. The quantitative estimate of drug-likeness (QED) is 0.917. The maximum absolute atomic E-state index is 12.5. The van der Waals surface area contributed by atoms with Crippen LogP contribution in [-0.4, -0.2) is 26.7 Å². The average Bonchev–Trinajstić information content (AvgIpc) is 2.65. The van der Waals surface area contributed by atoms with E-state index < -0.39 is 0 Å². The Balaban J connectivity index is 1.63. The van der Waals surface area contributed by atoms with Crippen LogP contribution in [0.4, 0.5) is 0 Å². The molecule has 0 aliphatic carbocycles. The Kier molecular flexibility index (Phi) is 4.89. The molecule has 1 aliphatic rings. The third-order valence-electron chi connectivity index (χ3n) is 4.19. The van der Waals surface area contributed by atoms with Crippen molar-refractivity contribution in [2.75, 3.05) is 20.8 Å². The lowest BCUT2D eigenvalue weighted by Gasteiger charge is -2.25. The van der Waals surface area contributed by atoms with Crippen molar-refractivity contribution in [1.29, 1.82) is 0 Å². The molecule has 1 aliphatic heterocycles. The molecule has 0 fully saturated rings. The maximum Gasteiger partial charge on any atom is 0.227 e. The SMILES string of the molecule is COc1ccc2c(c1)C[C@H](C(=O)NCc1ccccc1OC)CO2. The van der Waals surface area contributed by atoms with Gasteiger partial charge in [0.2, 0.25) is 5.91 Å². The molecule has 1 N–H and O–H groups in total. The summed E-state index contributed by atoms with van der Waals surface area (Å²) in [5, 5.41) is 2.97. The molecule has 1 atom stereocenters. The third-order valence-corrected chi connectivity index (χ3v) is 4.19. The Bertz CT molecular complexity index is 729. The number of rotatable bonds is 5. The summed E-state index contributed by atoms with van der Waals surface area (Å²) in [6, 6.07) is 13.3. The molecule has 24 heavy (non-hydrogen) atoms. The Morgan fingerprint density at radius 1 is 1.21 bits per heavy atom. The number of para-hydroxylation sites is 1. The molecule has 1 heterocycles. The summed E-state index contributed by atoms with van der Waals surface area (Å²) in [5.41, 5.74) is 1.95. The molecule has 0 radical (unpaired) electrons. The molecule has 0 aromatic heterocycles. The zero-order valence-electron chi connectivity index (χ0n) is 13.9. The van der Waals surface area contributed by atoms with Gasteiger partial charge in [-0.05, 0) is 36.2 Å². The van der Waals surface area contributed by atoms with Crippen molar-refractivity contribution in [2.24, 2.45) is 5.92 Å². The average molecular weight is 327 g/mol. The van der Waals surface area contributed by atoms with Gasteiger partial charge in [-0.3, -0.25) is 4.79 Å². The second-order valence-corrected chi connectivity index (χ2v) is 5.72. The van der Waals surface area contributed by atoms with Gasteiger partial charge in [-0.2, -0.15) is 0 Å². The highest BCUT2D eigenvalue weighted by molar-refractivity contribution is 5.79. The van der Waals surface area contributed by atoms with Crippen LogP contribution >= 0.6 is 0 Å². The van der Waals surface area contributed by atoms with Crippen molar-refractivity contribution >= 4 is 5.91 Å². The van der Waals surface area contributed by atoms with Crippen molar-refractivity contribution in [1.82, 2.24) is 5.32 Å². The van der Waals surface area contributed by atoms with Gasteiger partial charge in [0, 0.05) is 12.1 Å². The molecule has 1 amide bonds. The summed E-state index contributed by atoms with van der Waals surface area (Å²) in [7, 11) is 3.25. The smallest absolute Gasteiger partial charge is 0.227 e. The maximum atomic E-state index is 12.5. The standard InChI is InChI=1S/C19H21NO4/c1-22-16-7-8-18-14(10-16)9-15(12-24-18)19(21)20-11-13-5-3-4-6-17(13)23-2/h3-8,10,15H,9,11-12H2,1-2H3,(H,20,21)/t15-/m0/s1. The van der Waals surface area contributed by atoms with Crippen LogP contribution in [-0.2, 0) is 17.8 Å². The summed E-state index contributed by atoms with van der Waals surface area (Å²) in [6.07, 6.45) is 0.643. The summed E-state index contributed by atoms with van der Waals surface area (Å²) in [5.74, 6) is 2.14. The minimum atomic E-state index is -0.209. The minimum absolute atomic E-state index is 0.0191. The lowest BCUT2D eigenvalue weighted by Crippen LogP contribution is -2.37. The Morgan fingerprint density at radius 2 is 2.04 bits per heavy atom. The number of amides is 1. The Labute approximate surface area is 141 Å². The van der Waals surface area contributed by atoms with E-state index in [9.17, 15) is 4.79 Å². The largest absolute Gasteiger partial charge is 0.497 e. The molecule has 2 aromatic carbocycles. The molecule has 0 bridgehead atoms. The van der Waals surface area contributed by atoms with Gasteiger partial charge in [0.05, 0.1) is 20.1 Å². The molecule has 0 saturated heterocycles. The van der Waals surface area contributed by atoms with Crippen LogP contribution < -0.4 is 19.5 Å². The molecule has 5 heteroatoms. The predicted octanol–water partition coefficient (Wildman–Crippen LogP) is 2.57. The van der Waals surface area contributed by atoms with E-state index in [1.165, 1.54) is 0 Å². The summed E-state index contributed by atoms with van der Waals surface area (Å²) >= 11 is 0. The molecular weight excluding hydrogens is 306 g/mol. The molecule has 0 saturated carbocycles. The van der Waals surface area contributed by atoms with Crippen molar-refractivity contribution in [3.05, 3.63) is 53.6 Å². The van der Waals surface area contributed by atoms with Gasteiger partial charge in [-0.15, -0.1) is 0 Å². The topological polar surface area (TPSA) is 56.8 Å². The number of hydrogen-bond donors (Lipinski definition) is 1. The Hall–Kier alpha value is -2.69. The first kappa shape index (κ1) is 16.2. The molecular formula is C19H21NO4. The summed E-state index contributed by atoms with van der Waals surface area (Å²) < 4.78 is 16.3. The van der Waals surface area contributed by atoms with Gasteiger partial charge >= 0.3 is 0 Å². The van der Waals surface area contributed by atoms with Crippen molar-refractivity contribution < 1.29 is 19.0 Å². The fraction of sp³-hybridized carbons (Fsp3) is 0.316. The highest BCUT2D eigenvalue weighted by Crippen LogP contribution is 2.30. The molecule has 0 unspecified atom stereocenters. The molecule has 5 nitrogen and oxygen atoms in total. The van der Waals surface area contributed by atoms with Gasteiger partial charge < -0.3 is 19.5 Å². The van der Waals surface area contributed by atoms with Gasteiger partial charge in [0.25, 0.3) is 0 Å². The van der Waals surface area contributed by atoms with E-state index in [1.54, 1.807) is 14.2 Å². The fourth-order valence-corrected chi connectivity index (χ4v) is 2.84. The number of carbonyl (C=O) groups is 1. The molecule has 0 spiro atoms. The zero-order chi connectivity index (χ0) is 16.9. The van der Waals surface area contributed by atoms with E-state index in [4.69, 9.17) is 14.2 Å². The molecule has 3 rings (SSSR count). The number of hydrogen-bond acceptors (Lipinski definition) is 4. The van der Waals surface area contributed by atoms with Crippen molar-refractivity contribution in [2.45, 2.75) is 13.0 Å². The van der Waals surface area contributed by atoms with E-state index in [0.29, 0.717) is 19.6 Å². The normalized spacial score (nSPS) is 15.8. The van der Waals surface area contributed by atoms with Crippen LogP contribution in [0, 0.1) is 5.92 Å². The number of carbonyl (C=O) groups excluding carboxylic acids is 1. The van der Waals surface area contributed by atoms with Gasteiger partial charge in [0.15, 0.2) is 0 Å². The van der Waals surface area contributed by atoms with Gasteiger partial charge in [-0.1, -0.05) is 18.2 Å². The highest BCUT2D eigenvalue weighted by atomic mass is 16.5. The van der Waals surface area contributed by atoms with Crippen LogP contribution in [0.2, 0.25) is 0 Å². The fourth-order valence-electron chi connectivity index (χ4n) is 2.84. The summed E-state index contributed by atoms with van der Waals surface area (Å²) in [4.78, 5) is 12.5. The number of benzene rings is 2. The predicted molar refractivity (Wildman–Crippen MR) is 90.5 cm³/mol. The first-order chi connectivity index (χ1) is 11.7. The number of fused-ring (bicyclic) bond motifs is 1. The van der Waals surface area contributed by atoms with Crippen LogP contribution in [0.3, 0.4) is 0 Å². The van der Waals surface area contributed by atoms with E-state index >= 15 is 0 Å². The molecule has 2 aromatic rings. The first-order valence-electron chi connectivity index (χ1n) is 7.90. The van der Waals surface area contributed by atoms with E-state index in [1.807, 2.05) is 42.5 Å². The van der Waals surface area contributed by atoms with E-state index in [2.05, 4.69) is 5.32 Å². The zero-order valence-corrected chi connectivity index (χ0v) is 13.9.